The number of pyridine rings is 2. The van der Waals surface area contributed by atoms with Gasteiger partial charge >= 0.3 is 7.82 Å². The van der Waals surface area contributed by atoms with Gasteiger partial charge in [-0.2, -0.15) is 0 Å². The van der Waals surface area contributed by atoms with E-state index in [-0.39, 0.29) is 33.7 Å². The number of carbonyl (C=O) groups is 1. The van der Waals surface area contributed by atoms with Gasteiger partial charge in [-0.15, -0.1) is 0 Å². The van der Waals surface area contributed by atoms with Crippen LogP contribution in [0.1, 0.15) is 10.4 Å². The van der Waals surface area contributed by atoms with Crippen molar-refractivity contribution in [3.8, 4) is 22.9 Å². The Labute approximate surface area is 217 Å². The highest BCUT2D eigenvalue weighted by atomic mass is 35.5. The fourth-order valence-corrected chi connectivity index (χ4v) is 3.79. The Hall–Kier alpha value is -4.29. The number of nitrogens with one attached hydrogen (secondary N) is 1. The van der Waals surface area contributed by atoms with Crippen molar-refractivity contribution in [2.24, 2.45) is 0 Å². The van der Waals surface area contributed by atoms with Gasteiger partial charge in [0.2, 0.25) is 0 Å². The lowest BCUT2D eigenvalue weighted by Crippen LogP contribution is -2.29. The zero-order chi connectivity index (χ0) is 27.6. The summed E-state index contributed by atoms with van der Waals surface area (Å²) in [6.07, 6.45) is 2.39. The number of nitrogen functional groups attached to an aromatic ring is 1. The molecule has 11 nitrogen and oxygen atoms in total. The number of nitrogens with zero attached hydrogens (tertiary/aromatic N) is 2. The molecular weight excluding hydrogens is 549 g/mol. The Kier molecular flexibility index (Phi) is 7.46. The van der Waals surface area contributed by atoms with Crippen molar-refractivity contribution >= 4 is 36.8 Å². The lowest BCUT2D eigenvalue weighted by atomic mass is 10.2. The fourth-order valence-electron chi connectivity index (χ4n) is 3.23. The first-order valence-electron chi connectivity index (χ1n) is 10.4. The summed E-state index contributed by atoms with van der Waals surface area (Å²) in [6.45, 7) is 0. The second-order valence-electron chi connectivity index (χ2n) is 7.50. The van der Waals surface area contributed by atoms with E-state index in [9.17, 15) is 32.7 Å². The molecule has 0 atom stereocenters. The number of ether oxygens (including phenoxy) is 1. The molecule has 5 N–H and O–H groups in total. The first-order valence-corrected chi connectivity index (χ1v) is 12.3. The van der Waals surface area contributed by atoms with Gasteiger partial charge in [0, 0.05) is 35.9 Å². The van der Waals surface area contributed by atoms with Gasteiger partial charge in [0.25, 0.3) is 11.5 Å². The first-order chi connectivity index (χ1) is 17.9. The molecule has 0 unspecified atom stereocenters. The molecule has 0 aliphatic rings. The molecule has 0 bridgehead atoms. The lowest BCUT2D eigenvalue weighted by molar-refractivity contribution is 0.102. The van der Waals surface area contributed by atoms with E-state index in [0.29, 0.717) is 0 Å². The van der Waals surface area contributed by atoms with Crippen LogP contribution in [0.3, 0.4) is 0 Å². The lowest BCUT2D eigenvalue weighted by Gasteiger charge is -2.15. The normalized spacial score (nSPS) is 11.2. The van der Waals surface area contributed by atoms with Crippen molar-refractivity contribution in [3.63, 3.8) is 0 Å². The molecule has 0 saturated heterocycles. The van der Waals surface area contributed by atoms with Crippen LogP contribution < -0.4 is 25.9 Å². The number of halogens is 3. The second kappa shape index (κ2) is 10.6. The van der Waals surface area contributed by atoms with E-state index in [4.69, 9.17) is 22.1 Å². The van der Waals surface area contributed by atoms with Crippen LogP contribution in [0.5, 0.6) is 17.2 Å². The Morgan fingerprint density at radius 2 is 1.76 bits per heavy atom. The number of aromatic nitrogens is 2. The van der Waals surface area contributed by atoms with Crippen LogP contribution in [0.25, 0.3) is 5.69 Å². The molecule has 0 fully saturated rings. The number of rotatable bonds is 7. The Morgan fingerprint density at radius 1 is 1.05 bits per heavy atom. The third kappa shape index (κ3) is 5.98. The average molecular weight is 565 g/mol. The number of hydrogen-bond acceptors (Lipinski definition) is 7. The quantitative estimate of drug-likeness (QED) is 0.240. The Morgan fingerprint density at radius 3 is 2.42 bits per heavy atom. The standard InChI is InChI=1S/C23H16ClF2N4O7P/c24-20-18(7-9-28-21(20)27)36-16-6-3-13(11-15(16)26)29-22(31)19-17(37-38(33,34)35)8-10-30(23(19)32)14-4-1-12(25)2-5-14/h1-11H,(H2,27,28)(H,29,31)(H2,33,34,35). The number of anilines is 2. The van der Waals surface area contributed by atoms with E-state index in [1.165, 1.54) is 30.5 Å². The van der Waals surface area contributed by atoms with Crippen molar-refractivity contribution < 1.29 is 37.2 Å². The maximum Gasteiger partial charge on any atom is 0.524 e. The SMILES string of the molecule is Nc1nccc(Oc2ccc(NC(=O)c3c(OP(=O)(O)O)ccn(-c4ccc(F)cc4)c3=O)cc2F)c1Cl. The highest BCUT2D eigenvalue weighted by Crippen LogP contribution is 2.39. The number of nitrogens with two attached hydrogens (primary N) is 1. The third-order valence-electron chi connectivity index (χ3n) is 4.89. The molecule has 0 saturated carbocycles. The molecule has 1 amide bonds. The van der Waals surface area contributed by atoms with Gasteiger partial charge in [0.05, 0.1) is 0 Å². The van der Waals surface area contributed by atoms with Gasteiger partial charge < -0.3 is 20.3 Å². The van der Waals surface area contributed by atoms with Crippen LogP contribution in [-0.2, 0) is 4.57 Å². The van der Waals surface area contributed by atoms with Crippen LogP contribution in [0, 0.1) is 11.6 Å². The molecule has 2 aromatic carbocycles. The monoisotopic (exact) mass is 564 g/mol. The Bertz CT molecular complexity index is 1640. The van der Waals surface area contributed by atoms with Crippen LogP contribution in [0.2, 0.25) is 5.02 Å². The smallest absolute Gasteiger partial charge is 0.453 e. The van der Waals surface area contributed by atoms with E-state index in [2.05, 4.69) is 14.8 Å². The van der Waals surface area contributed by atoms with Gasteiger partial charge in [-0.25, -0.2) is 18.3 Å². The summed E-state index contributed by atoms with van der Waals surface area (Å²) in [5.41, 5.74) is 3.75. The van der Waals surface area contributed by atoms with Gasteiger partial charge in [-0.05, 0) is 42.5 Å². The number of benzene rings is 2. The maximum absolute atomic E-state index is 14.7. The van der Waals surface area contributed by atoms with Crippen molar-refractivity contribution in [1.29, 1.82) is 0 Å². The predicted octanol–water partition coefficient (Wildman–Crippen LogP) is 4.26. The highest BCUT2D eigenvalue weighted by molar-refractivity contribution is 7.46. The molecule has 0 radical (unpaired) electrons. The summed E-state index contributed by atoms with van der Waals surface area (Å²) in [4.78, 5) is 48.4. The van der Waals surface area contributed by atoms with Crippen molar-refractivity contribution in [1.82, 2.24) is 9.55 Å². The molecule has 2 heterocycles. The molecule has 0 spiro atoms. The third-order valence-corrected chi connectivity index (χ3v) is 5.71. The summed E-state index contributed by atoms with van der Waals surface area (Å²) in [5.74, 6) is -3.70. The Balaban J connectivity index is 1.67. The minimum Gasteiger partial charge on any atom is -0.453 e. The van der Waals surface area contributed by atoms with E-state index in [0.717, 1.165) is 41.1 Å². The molecule has 196 valence electrons. The number of phosphoric acid groups is 1. The number of hydrogen-bond donors (Lipinski definition) is 4. The zero-order valence-electron chi connectivity index (χ0n) is 18.8. The summed E-state index contributed by atoms with van der Waals surface area (Å²) in [5, 5.41) is 2.23. The minimum atomic E-state index is -5.18. The van der Waals surface area contributed by atoms with Crippen LogP contribution in [0.15, 0.2) is 71.8 Å². The van der Waals surface area contributed by atoms with Crippen LogP contribution in [0.4, 0.5) is 20.3 Å². The van der Waals surface area contributed by atoms with E-state index in [1.54, 1.807) is 0 Å². The van der Waals surface area contributed by atoms with Crippen molar-refractivity contribution in [2.75, 3.05) is 11.1 Å². The van der Waals surface area contributed by atoms with Crippen molar-refractivity contribution in [2.45, 2.75) is 0 Å². The van der Waals surface area contributed by atoms with Gasteiger partial charge in [0.15, 0.2) is 23.1 Å². The summed E-state index contributed by atoms with van der Waals surface area (Å²) in [6, 6.07) is 10.2. The molecule has 15 heteroatoms. The molecule has 4 rings (SSSR count). The zero-order valence-corrected chi connectivity index (χ0v) is 20.5. The highest BCUT2D eigenvalue weighted by Gasteiger charge is 2.26. The van der Waals surface area contributed by atoms with E-state index in [1.807, 2.05) is 0 Å². The van der Waals surface area contributed by atoms with E-state index >= 15 is 0 Å². The minimum absolute atomic E-state index is 0.0275. The molecule has 38 heavy (non-hydrogen) atoms. The maximum atomic E-state index is 14.7. The largest absolute Gasteiger partial charge is 0.524 e. The van der Waals surface area contributed by atoms with Gasteiger partial charge in [-0.1, -0.05) is 11.6 Å². The number of carbonyl (C=O) groups excluding carboxylic acids is 1. The molecular formula is C23H16ClF2N4O7P. The van der Waals surface area contributed by atoms with Crippen LogP contribution >= 0.6 is 19.4 Å². The molecule has 2 aromatic heterocycles. The van der Waals surface area contributed by atoms with Crippen molar-refractivity contribution in [3.05, 3.63) is 99.6 Å². The predicted molar refractivity (Wildman–Crippen MR) is 133 cm³/mol. The van der Waals surface area contributed by atoms with Gasteiger partial charge in [0.1, 0.15) is 22.2 Å². The molecule has 0 aliphatic carbocycles. The first kappa shape index (κ1) is 26.8. The van der Waals surface area contributed by atoms with Crippen LogP contribution in [-0.4, -0.2) is 25.2 Å². The molecule has 0 aliphatic heterocycles. The summed E-state index contributed by atoms with van der Waals surface area (Å²) in [7, 11) is -5.18. The molecule has 4 aromatic rings. The topological polar surface area (TPSA) is 166 Å². The van der Waals surface area contributed by atoms with E-state index < -0.39 is 42.2 Å². The number of amides is 1. The summed E-state index contributed by atoms with van der Waals surface area (Å²) >= 11 is 5.99. The fraction of sp³-hybridized carbons (Fsp3) is 0. The number of phosphoric ester groups is 1. The second-order valence-corrected chi connectivity index (χ2v) is 9.04. The van der Waals surface area contributed by atoms with Gasteiger partial charge in [-0.3, -0.25) is 23.9 Å². The average Bonchev–Trinajstić information content (AvgIpc) is 2.83. The summed E-state index contributed by atoms with van der Waals surface area (Å²) < 4.78 is 50.3.